The van der Waals surface area contributed by atoms with E-state index >= 15 is 0 Å². The quantitative estimate of drug-likeness (QED) is 0.756. The summed E-state index contributed by atoms with van der Waals surface area (Å²) in [7, 11) is 0. The molecule has 116 valence electrons. The first-order valence-electron chi connectivity index (χ1n) is 8.03. The Labute approximate surface area is 144 Å². The van der Waals surface area contributed by atoms with Gasteiger partial charge in [-0.25, -0.2) is 0 Å². The molecule has 1 amide bonds. The topological polar surface area (TPSA) is 32.3 Å². The molecule has 1 aromatic heterocycles. The number of amides is 1. The number of carbonyl (C=O) groups excluding carboxylic acids is 1. The van der Waals surface area contributed by atoms with Gasteiger partial charge < -0.3 is 10.2 Å². The van der Waals surface area contributed by atoms with Crippen molar-refractivity contribution < 1.29 is 4.79 Å². The van der Waals surface area contributed by atoms with Crippen LogP contribution in [0.5, 0.6) is 0 Å². The van der Waals surface area contributed by atoms with Crippen molar-refractivity contribution in [2.75, 3.05) is 19.6 Å². The van der Waals surface area contributed by atoms with Gasteiger partial charge in [-0.3, -0.25) is 4.79 Å². The highest BCUT2D eigenvalue weighted by molar-refractivity contribution is 14.1. The fourth-order valence-corrected chi connectivity index (χ4v) is 5.51. The molecule has 0 saturated carbocycles. The summed E-state index contributed by atoms with van der Waals surface area (Å²) in [5.74, 6) is 0.332. The normalized spacial score (nSPS) is 22.1. The zero-order valence-corrected chi connectivity index (χ0v) is 15.3. The maximum absolute atomic E-state index is 12.2. The standard InChI is InChI=1S/C16H23IN2OS/c17-15-11-12-13(5-4-6-14(12)21-15)18-8-7-16(20)19-9-2-1-3-10-19/h11,13,18H,1-10H2. The van der Waals surface area contributed by atoms with Gasteiger partial charge in [0, 0.05) is 37.0 Å². The van der Waals surface area contributed by atoms with E-state index in [0.717, 1.165) is 19.6 Å². The number of halogens is 1. The molecular formula is C16H23IN2OS. The predicted octanol–water partition coefficient (Wildman–Crippen LogP) is 3.72. The van der Waals surface area contributed by atoms with E-state index in [1.165, 1.54) is 47.0 Å². The fourth-order valence-electron chi connectivity index (χ4n) is 3.39. The number of fused-ring (bicyclic) bond motifs is 1. The van der Waals surface area contributed by atoms with Crippen LogP contribution in [0.1, 0.15) is 55.0 Å². The molecule has 2 heterocycles. The molecule has 0 radical (unpaired) electrons. The summed E-state index contributed by atoms with van der Waals surface area (Å²) < 4.78 is 1.38. The molecule has 5 heteroatoms. The van der Waals surface area contributed by atoms with Crippen molar-refractivity contribution >= 4 is 39.8 Å². The molecule has 0 spiro atoms. The van der Waals surface area contributed by atoms with Crippen LogP contribution in [-0.2, 0) is 11.2 Å². The predicted molar refractivity (Wildman–Crippen MR) is 95.8 cm³/mol. The van der Waals surface area contributed by atoms with Crippen molar-refractivity contribution in [3.63, 3.8) is 0 Å². The summed E-state index contributed by atoms with van der Waals surface area (Å²) in [5, 5.41) is 3.62. The zero-order chi connectivity index (χ0) is 14.7. The lowest BCUT2D eigenvalue weighted by Crippen LogP contribution is -2.37. The minimum atomic E-state index is 0.332. The first kappa shape index (κ1) is 15.7. The molecule has 1 saturated heterocycles. The Morgan fingerprint density at radius 1 is 1.33 bits per heavy atom. The highest BCUT2D eigenvalue weighted by atomic mass is 127. The van der Waals surface area contributed by atoms with Crippen LogP contribution in [-0.4, -0.2) is 30.4 Å². The lowest BCUT2D eigenvalue weighted by molar-refractivity contribution is -0.132. The maximum Gasteiger partial charge on any atom is 0.223 e. The number of nitrogens with zero attached hydrogens (tertiary/aromatic N) is 1. The monoisotopic (exact) mass is 418 g/mol. The van der Waals surface area contributed by atoms with Crippen molar-refractivity contribution in [2.24, 2.45) is 0 Å². The van der Waals surface area contributed by atoms with E-state index in [9.17, 15) is 4.79 Å². The largest absolute Gasteiger partial charge is 0.343 e. The Hall–Kier alpha value is -0.140. The summed E-state index contributed by atoms with van der Waals surface area (Å²) in [6, 6.07) is 2.78. The van der Waals surface area contributed by atoms with Crippen molar-refractivity contribution in [1.29, 1.82) is 0 Å². The van der Waals surface area contributed by atoms with Crippen LogP contribution >= 0.6 is 33.9 Å². The van der Waals surface area contributed by atoms with Crippen LogP contribution in [0.4, 0.5) is 0 Å². The molecule has 1 aliphatic heterocycles. The van der Waals surface area contributed by atoms with E-state index in [-0.39, 0.29) is 0 Å². The number of thiophene rings is 1. The number of carbonyl (C=O) groups is 1. The third-order valence-electron chi connectivity index (χ3n) is 4.52. The molecule has 2 aliphatic rings. The molecular weight excluding hydrogens is 395 g/mol. The Bertz CT molecular complexity index is 496. The fraction of sp³-hybridized carbons (Fsp3) is 0.688. The number of hydrogen-bond donors (Lipinski definition) is 1. The van der Waals surface area contributed by atoms with Gasteiger partial charge in [-0.15, -0.1) is 11.3 Å². The van der Waals surface area contributed by atoms with E-state index in [2.05, 4.69) is 34.0 Å². The molecule has 21 heavy (non-hydrogen) atoms. The van der Waals surface area contributed by atoms with Crippen LogP contribution in [0.25, 0.3) is 0 Å². The Balaban J connectivity index is 1.48. The molecule has 1 fully saturated rings. The average molecular weight is 418 g/mol. The summed E-state index contributed by atoms with van der Waals surface area (Å²) in [6.07, 6.45) is 7.99. The van der Waals surface area contributed by atoms with E-state index in [0.29, 0.717) is 18.4 Å². The molecule has 1 N–H and O–H groups in total. The van der Waals surface area contributed by atoms with E-state index < -0.39 is 0 Å². The number of nitrogens with one attached hydrogen (secondary N) is 1. The summed E-state index contributed by atoms with van der Waals surface area (Å²) in [6.45, 7) is 2.75. The van der Waals surface area contributed by atoms with Gasteiger partial charge in [-0.2, -0.15) is 0 Å². The smallest absolute Gasteiger partial charge is 0.223 e. The first-order chi connectivity index (χ1) is 10.2. The summed E-state index contributed by atoms with van der Waals surface area (Å²) in [4.78, 5) is 15.8. The van der Waals surface area contributed by atoms with Gasteiger partial charge in [0.2, 0.25) is 5.91 Å². The Kier molecular flexibility index (Phi) is 5.56. The van der Waals surface area contributed by atoms with Crippen molar-refractivity contribution in [3.8, 4) is 0 Å². The van der Waals surface area contributed by atoms with E-state index in [4.69, 9.17) is 0 Å². The number of likely N-dealkylation sites (tertiary alicyclic amines) is 1. The highest BCUT2D eigenvalue weighted by Gasteiger charge is 2.23. The molecule has 1 unspecified atom stereocenters. The second kappa shape index (κ2) is 7.42. The third-order valence-corrected chi connectivity index (χ3v) is 6.49. The summed E-state index contributed by atoms with van der Waals surface area (Å²) >= 11 is 4.35. The molecule has 3 nitrogen and oxygen atoms in total. The average Bonchev–Trinajstić information content (AvgIpc) is 2.89. The Morgan fingerprint density at radius 3 is 2.95 bits per heavy atom. The maximum atomic E-state index is 12.2. The molecule has 0 aromatic carbocycles. The van der Waals surface area contributed by atoms with Gasteiger partial charge in [0.05, 0.1) is 2.88 Å². The molecule has 0 bridgehead atoms. The summed E-state index contributed by atoms with van der Waals surface area (Å²) in [5.41, 5.74) is 1.49. The van der Waals surface area contributed by atoms with Crippen molar-refractivity contribution in [2.45, 2.75) is 51.0 Å². The lowest BCUT2D eigenvalue weighted by Gasteiger charge is -2.28. The van der Waals surface area contributed by atoms with Gasteiger partial charge in [-0.1, -0.05) is 0 Å². The highest BCUT2D eigenvalue weighted by Crippen LogP contribution is 2.36. The second-order valence-corrected chi connectivity index (χ2v) is 9.05. The minimum absolute atomic E-state index is 0.332. The lowest BCUT2D eigenvalue weighted by atomic mass is 9.94. The number of piperidine rings is 1. The SMILES string of the molecule is O=C(CCNC1CCCc2sc(I)cc21)N1CCCCC1. The second-order valence-electron chi connectivity index (χ2n) is 6.02. The van der Waals surface area contributed by atoms with Gasteiger partial charge in [0.25, 0.3) is 0 Å². The molecule has 1 aliphatic carbocycles. The van der Waals surface area contributed by atoms with Gasteiger partial charge in [0.1, 0.15) is 0 Å². The van der Waals surface area contributed by atoms with Gasteiger partial charge in [-0.05, 0) is 72.7 Å². The number of aryl methyl sites for hydroxylation is 1. The van der Waals surface area contributed by atoms with Crippen molar-refractivity contribution in [1.82, 2.24) is 10.2 Å². The van der Waals surface area contributed by atoms with Crippen LogP contribution < -0.4 is 5.32 Å². The van der Waals surface area contributed by atoms with Crippen LogP contribution in [0.2, 0.25) is 0 Å². The van der Waals surface area contributed by atoms with Crippen LogP contribution in [0.3, 0.4) is 0 Å². The molecule has 1 aromatic rings. The van der Waals surface area contributed by atoms with Gasteiger partial charge in [0.15, 0.2) is 0 Å². The first-order valence-corrected chi connectivity index (χ1v) is 9.93. The van der Waals surface area contributed by atoms with E-state index in [1.54, 1.807) is 4.88 Å². The van der Waals surface area contributed by atoms with Gasteiger partial charge >= 0.3 is 0 Å². The number of hydrogen-bond acceptors (Lipinski definition) is 3. The van der Waals surface area contributed by atoms with E-state index in [1.807, 2.05) is 16.2 Å². The van der Waals surface area contributed by atoms with Crippen LogP contribution in [0, 0.1) is 2.88 Å². The zero-order valence-electron chi connectivity index (χ0n) is 12.4. The molecule has 1 atom stereocenters. The number of rotatable bonds is 4. The van der Waals surface area contributed by atoms with Crippen molar-refractivity contribution in [3.05, 3.63) is 19.4 Å². The van der Waals surface area contributed by atoms with Crippen LogP contribution in [0.15, 0.2) is 6.07 Å². The molecule has 3 rings (SSSR count). The minimum Gasteiger partial charge on any atom is -0.343 e. The third kappa shape index (κ3) is 3.99. The Morgan fingerprint density at radius 2 is 2.14 bits per heavy atom.